The van der Waals surface area contributed by atoms with Gasteiger partial charge in [-0.3, -0.25) is 4.79 Å². The van der Waals surface area contributed by atoms with E-state index in [1.807, 2.05) is 0 Å². The molecule has 66 valence electrons. The molecule has 2 rings (SSSR count). The van der Waals surface area contributed by atoms with Crippen LogP contribution in [0.25, 0.3) is 0 Å². The van der Waals surface area contributed by atoms with E-state index >= 15 is 0 Å². The summed E-state index contributed by atoms with van der Waals surface area (Å²) in [6.07, 6.45) is 12.1. The van der Waals surface area contributed by atoms with Crippen LogP contribution < -0.4 is 0 Å². The fourth-order valence-electron chi connectivity index (χ4n) is 2.82. The van der Waals surface area contributed by atoms with Gasteiger partial charge in [0.15, 0.2) is 0 Å². The van der Waals surface area contributed by atoms with Crippen molar-refractivity contribution in [2.24, 2.45) is 5.41 Å². The number of carbonyl (C=O) groups is 1. The SMILES string of the molecule is O=CC1=CCCCC12CCCC2. The van der Waals surface area contributed by atoms with E-state index in [1.54, 1.807) is 0 Å². The normalized spacial score (nSPS) is 27.2. The summed E-state index contributed by atoms with van der Waals surface area (Å²) < 4.78 is 0. The first-order valence-electron chi connectivity index (χ1n) is 5.03. The van der Waals surface area contributed by atoms with Gasteiger partial charge in [-0.05, 0) is 43.1 Å². The van der Waals surface area contributed by atoms with Gasteiger partial charge in [0.1, 0.15) is 6.29 Å². The molecule has 1 saturated carbocycles. The van der Waals surface area contributed by atoms with Crippen LogP contribution in [0.5, 0.6) is 0 Å². The summed E-state index contributed by atoms with van der Waals surface area (Å²) in [5.41, 5.74) is 1.45. The van der Waals surface area contributed by atoms with Gasteiger partial charge in [-0.2, -0.15) is 0 Å². The second-order valence-corrected chi connectivity index (χ2v) is 4.16. The van der Waals surface area contributed by atoms with E-state index in [9.17, 15) is 4.79 Å². The van der Waals surface area contributed by atoms with Crippen LogP contribution in [-0.4, -0.2) is 6.29 Å². The quantitative estimate of drug-likeness (QED) is 0.545. The van der Waals surface area contributed by atoms with Crippen LogP contribution in [0.2, 0.25) is 0 Å². The third-order valence-corrected chi connectivity index (χ3v) is 3.52. The van der Waals surface area contributed by atoms with Crippen LogP contribution in [0.15, 0.2) is 11.6 Å². The Kier molecular flexibility index (Phi) is 2.03. The lowest BCUT2D eigenvalue weighted by Gasteiger charge is -2.32. The van der Waals surface area contributed by atoms with Crippen molar-refractivity contribution in [1.82, 2.24) is 0 Å². The molecule has 0 aromatic rings. The third kappa shape index (κ3) is 1.12. The van der Waals surface area contributed by atoms with Crippen LogP contribution in [0.3, 0.4) is 0 Å². The summed E-state index contributed by atoms with van der Waals surface area (Å²) in [5, 5.41) is 0. The first-order chi connectivity index (χ1) is 5.87. The van der Waals surface area contributed by atoms with E-state index < -0.39 is 0 Å². The molecule has 0 unspecified atom stereocenters. The highest BCUT2D eigenvalue weighted by atomic mass is 16.1. The third-order valence-electron chi connectivity index (χ3n) is 3.52. The molecule has 2 aliphatic rings. The van der Waals surface area contributed by atoms with Crippen molar-refractivity contribution in [3.05, 3.63) is 11.6 Å². The van der Waals surface area contributed by atoms with E-state index in [0.29, 0.717) is 5.41 Å². The molecule has 0 radical (unpaired) electrons. The molecule has 0 amide bonds. The van der Waals surface area contributed by atoms with Crippen molar-refractivity contribution in [2.45, 2.75) is 44.9 Å². The fourth-order valence-corrected chi connectivity index (χ4v) is 2.82. The lowest BCUT2D eigenvalue weighted by atomic mass is 9.72. The zero-order valence-corrected chi connectivity index (χ0v) is 7.51. The number of allylic oxidation sites excluding steroid dienone is 2. The Bertz CT molecular complexity index is 209. The molecular formula is C11H16O. The zero-order valence-electron chi connectivity index (χ0n) is 7.51. The van der Waals surface area contributed by atoms with Gasteiger partial charge in [-0.15, -0.1) is 0 Å². The van der Waals surface area contributed by atoms with Crippen molar-refractivity contribution >= 4 is 6.29 Å². The molecule has 12 heavy (non-hydrogen) atoms. The second kappa shape index (κ2) is 3.04. The van der Waals surface area contributed by atoms with Crippen LogP contribution in [0, 0.1) is 5.41 Å². The average molecular weight is 164 g/mol. The summed E-state index contributed by atoms with van der Waals surface area (Å²) in [6.45, 7) is 0. The Labute approximate surface area is 73.8 Å². The molecule has 0 aliphatic heterocycles. The molecule has 2 aliphatic carbocycles. The molecule has 1 spiro atoms. The van der Waals surface area contributed by atoms with Gasteiger partial charge in [0.25, 0.3) is 0 Å². The molecule has 1 fully saturated rings. The van der Waals surface area contributed by atoms with E-state index in [2.05, 4.69) is 6.08 Å². The van der Waals surface area contributed by atoms with Gasteiger partial charge in [0.2, 0.25) is 0 Å². The summed E-state index contributed by atoms with van der Waals surface area (Å²) >= 11 is 0. The highest BCUT2D eigenvalue weighted by molar-refractivity contribution is 5.75. The molecule has 1 heteroatoms. The van der Waals surface area contributed by atoms with Crippen LogP contribution in [0.4, 0.5) is 0 Å². The highest BCUT2D eigenvalue weighted by Gasteiger charge is 2.37. The van der Waals surface area contributed by atoms with Crippen LogP contribution in [0.1, 0.15) is 44.9 Å². The number of carbonyl (C=O) groups excluding carboxylic acids is 1. The number of rotatable bonds is 1. The van der Waals surface area contributed by atoms with Crippen molar-refractivity contribution in [3.8, 4) is 0 Å². The number of aldehydes is 1. The molecule has 1 nitrogen and oxygen atoms in total. The van der Waals surface area contributed by atoms with E-state index in [1.165, 1.54) is 38.5 Å². The predicted molar refractivity (Wildman–Crippen MR) is 48.9 cm³/mol. The average Bonchev–Trinajstić information content (AvgIpc) is 2.55. The number of hydrogen-bond acceptors (Lipinski definition) is 1. The van der Waals surface area contributed by atoms with E-state index in [4.69, 9.17) is 0 Å². The Morgan fingerprint density at radius 3 is 2.50 bits per heavy atom. The molecule has 0 N–H and O–H groups in total. The summed E-state index contributed by atoms with van der Waals surface area (Å²) in [6, 6.07) is 0. The van der Waals surface area contributed by atoms with Crippen molar-refractivity contribution in [2.75, 3.05) is 0 Å². The van der Waals surface area contributed by atoms with Gasteiger partial charge in [-0.25, -0.2) is 0 Å². The molecule has 0 saturated heterocycles. The maximum Gasteiger partial charge on any atom is 0.146 e. The molecule has 0 aromatic carbocycles. The van der Waals surface area contributed by atoms with Crippen LogP contribution >= 0.6 is 0 Å². The van der Waals surface area contributed by atoms with Crippen molar-refractivity contribution in [3.63, 3.8) is 0 Å². The Morgan fingerprint density at radius 1 is 1.17 bits per heavy atom. The summed E-state index contributed by atoms with van der Waals surface area (Å²) in [4.78, 5) is 10.9. The minimum absolute atomic E-state index is 0.333. The Balaban J connectivity index is 2.26. The first kappa shape index (κ1) is 8.03. The fraction of sp³-hybridized carbons (Fsp3) is 0.727. The van der Waals surface area contributed by atoms with Crippen LogP contribution in [-0.2, 0) is 4.79 Å². The predicted octanol–water partition coefficient (Wildman–Crippen LogP) is 2.86. The highest BCUT2D eigenvalue weighted by Crippen LogP contribution is 2.49. The Hall–Kier alpha value is -0.590. The Morgan fingerprint density at radius 2 is 1.83 bits per heavy atom. The van der Waals surface area contributed by atoms with Crippen molar-refractivity contribution in [1.29, 1.82) is 0 Å². The minimum atomic E-state index is 0.333. The van der Waals surface area contributed by atoms with E-state index in [-0.39, 0.29) is 0 Å². The van der Waals surface area contributed by atoms with Gasteiger partial charge in [0.05, 0.1) is 0 Å². The van der Waals surface area contributed by atoms with Crippen molar-refractivity contribution < 1.29 is 4.79 Å². The standard InChI is InChI=1S/C11H16O/c12-9-10-5-1-2-6-11(10)7-3-4-8-11/h5,9H,1-4,6-8H2. The van der Waals surface area contributed by atoms with Gasteiger partial charge in [0, 0.05) is 0 Å². The summed E-state index contributed by atoms with van der Waals surface area (Å²) in [5.74, 6) is 0. The number of hydrogen-bond donors (Lipinski definition) is 0. The molecule has 0 bridgehead atoms. The first-order valence-corrected chi connectivity index (χ1v) is 5.03. The maximum atomic E-state index is 10.9. The van der Waals surface area contributed by atoms with Gasteiger partial charge in [-0.1, -0.05) is 18.9 Å². The summed E-state index contributed by atoms with van der Waals surface area (Å²) in [7, 11) is 0. The smallest absolute Gasteiger partial charge is 0.146 e. The lowest BCUT2D eigenvalue weighted by molar-refractivity contribution is -0.106. The van der Waals surface area contributed by atoms with Gasteiger partial charge >= 0.3 is 0 Å². The minimum Gasteiger partial charge on any atom is -0.298 e. The largest absolute Gasteiger partial charge is 0.298 e. The lowest BCUT2D eigenvalue weighted by Crippen LogP contribution is -2.22. The molecular weight excluding hydrogens is 148 g/mol. The molecule has 0 atom stereocenters. The maximum absolute atomic E-state index is 10.9. The van der Waals surface area contributed by atoms with Gasteiger partial charge < -0.3 is 0 Å². The van der Waals surface area contributed by atoms with E-state index in [0.717, 1.165) is 18.3 Å². The second-order valence-electron chi connectivity index (χ2n) is 4.16. The monoisotopic (exact) mass is 164 g/mol. The zero-order chi connectivity index (χ0) is 8.44. The molecule has 0 heterocycles. The molecule has 0 aromatic heterocycles. The topological polar surface area (TPSA) is 17.1 Å².